The number of carbonyl (C=O) groups excluding carboxylic acids is 1. The molecule has 2 rings (SSSR count). The minimum atomic E-state index is -0.0400. The summed E-state index contributed by atoms with van der Waals surface area (Å²) in [6.07, 6.45) is 2.62. The summed E-state index contributed by atoms with van der Waals surface area (Å²) in [6, 6.07) is 3.49. The van der Waals surface area contributed by atoms with Crippen LogP contribution in [-0.2, 0) is 4.79 Å². The number of thiol groups is 1. The highest BCUT2D eigenvalue weighted by Gasteiger charge is 2.42. The third-order valence-electron chi connectivity index (χ3n) is 3.14. The molecule has 1 aromatic rings. The van der Waals surface area contributed by atoms with E-state index in [1.54, 1.807) is 12.1 Å². The van der Waals surface area contributed by atoms with Gasteiger partial charge in [-0.1, -0.05) is 23.2 Å². The molecule has 18 heavy (non-hydrogen) atoms. The van der Waals surface area contributed by atoms with Gasteiger partial charge in [0, 0.05) is 10.9 Å². The van der Waals surface area contributed by atoms with Crippen molar-refractivity contribution < 1.29 is 4.79 Å². The van der Waals surface area contributed by atoms with E-state index in [1.807, 2.05) is 0 Å². The van der Waals surface area contributed by atoms with Gasteiger partial charge in [0.25, 0.3) is 0 Å². The zero-order valence-electron chi connectivity index (χ0n) is 9.47. The number of carbonyl (C=O) groups is 1. The van der Waals surface area contributed by atoms with E-state index in [0.717, 1.165) is 18.6 Å². The zero-order chi connectivity index (χ0) is 13.3. The van der Waals surface area contributed by atoms with Crippen LogP contribution in [0.25, 0.3) is 0 Å². The second-order valence-corrected chi connectivity index (χ2v) is 6.53. The Morgan fingerprint density at radius 2 is 2.06 bits per heavy atom. The number of halogens is 3. The van der Waals surface area contributed by atoms with Crippen molar-refractivity contribution in [3.8, 4) is 0 Å². The molecule has 1 aromatic carbocycles. The summed E-state index contributed by atoms with van der Waals surface area (Å²) in [5.74, 6) is 0.705. The molecular weight excluding hydrogens is 357 g/mol. The molecule has 1 fully saturated rings. The topological polar surface area (TPSA) is 29.1 Å². The van der Waals surface area contributed by atoms with Gasteiger partial charge in [-0.05, 0) is 52.1 Å². The molecule has 98 valence electrons. The quantitative estimate of drug-likeness (QED) is 0.580. The van der Waals surface area contributed by atoms with Crippen molar-refractivity contribution in [1.82, 2.24) is 0 Å². The third-order valence-corrected chi connectivity index (χ3v) is 5.58. The van der Waals surface area contributed by atoms with Crippen molar-refractivity contribution in [3.05, 3.63) is 26.7 Å². The van der Waals surface area contributed by atoms with Crippen LogP contribution in [0.1, 0.15) is 19.3 Å². The molecular formula is C12H12BrCl2NOS. The highest BCUT2D eigenvalue weighted by Crippen LogP contribution is 2.49. The fraction of sp³-hybridized carbons (Fsp3) is 0.417. The predicted octanol–water partition coefficient (Wildman–Crippen LogP) is 4.79. The number of anilines is 1. The van der Waals surface area contributed by atoms with E-state index < -0.39 is 0 Å². The smallest absolute Gasteiger partial charge is 0.225 e. The van der Waals surface area contributed by atoms with E-state index in [-0.39, 0.29) is 11.3 Å². The van der Waals surface area contributed by atoms with E-state index in [4.69, 9.17) is 23.2 Å². The fourth-order valence-electron chi connectivity index (χ4n) is 1.72. The lowest BCUT2D eigenvalue weighted by Gasteiger charge is -2.13. The molecule has 1 amide bonds. The SMILES string of the molecule is O=C(CC1(CS)CC1)Nc1ccc(Br)c(Cl)c1Cl. The predicted molar refractivity (Wildman–Crippen MR) is 82.9 cm³/mol. The first-order valence-corrected chi connectivity index (χ1v) is 7.70. The number of benzene rings is 1. The summed E-state index contributed by atoms with van der Waals surface area (Å²) < 4.78 is 0.709. The highest BCUT2D eigenvalue weighted by atomic mass is 79.9. The number of hydrogen-bond acceptors (Lipinski definition) is 2. The monoisotopic (exact) mass is 367 g/mol. The zero-order valence-corrected chi connectivity index (χ0v) is 13.5. The maximum atomic E-state index is 11.9. The van der Waals surface area contributed by atoms with Crippen LogP contribution in [0.2, 0.25) is 10.0 Å². The minimum absolute atomic E-state index is 0.0400. The van der Waals surface area contributed by atoms with Crippen molar-refractivity contribution in [2.24, 2.45) is 5.41 Å². The number of hydrogen-bond donors (Lipinski definition) is 2. The summed E-state index contributed by atoms with van der Waals surface area (Å²) in [4.78, 5) is 11.9. The molecule has 1 aliphatic rings. The Morgan fingerprint density at radius 3 is 2.61 bits per heavy atom. The molecule has 0 aromatic heterocycles. The lowest BCUT2D eigenvalue weighted by molar-refractivity contribution is -0.117. The van der Waals surface area contributed by atoms with Gasteiger partial charge in [-0.15, -0.1) is 0 Å². The van der Waals surface area contributed by atoms with Gasteiger partial charge in [0.2, 0.25) is 5.91 Å². The van der Waals surface area contributed by atoms with Crippen molar-refractivity contribution in [2.45, 2.75) is 19.3 Å². The average Bonchev–Trinajstić information content (AvgIpc) is 3.10. The number of amides is 1. The van der Waals surface area contributed by atoms with Crippen LogP contribution in [0.4, 0.5) is 5.69 Å². The second-order valence-electron chi connectivity index (χ2n) is 4.61. The normalized spacial score (nSPS) is 16.4. The molecule has 0 aliphatic heterocycles. The standard InChI is InChI=1S/C12H12BrCl2NOS/c13-7-1-2-8(11(15)10(7)14)16-9(17)5-12(6-18)3-4-12/h1-2,18H,3-6H2,(H,16,17). The van der Waals surface area contributed by atoms with Crippen molar-refractivity contribution in [2.75, 3.05) is 11.1 Å². The van der Waals surface area contributed by atoms with Crippen LogP contribution in [0.3, 0.4) is 0 Å². The van der Waals surface area contributed by atoms with Crippen LogP contribution in [0.5, 0.6) is 0 Å². The van der Waals surface area contributed by atoms with Crippen LogP contribution >= 0.6 is 51.8 Å². The first-order chi connectivity index (χ1) is 8.47. The van der Waals surface area contributed by atoms with Crippen molar-refractivity contribution in [1.29, 1.82) is 0 Å². The highest BCUT2D eigenvalue weighted by molar-refractivity contribution is 9.10. The molecule has 0 saturated heterocycles. The minimum Gasteiger partial charge on any atom is -0.325 e. The van der Waals surface area contributed by atoms with Crippen LogP contribution < -0.4 is 5.32 Å². The molecule has 0 spiro atoms. The van der Waals surface area contributed by atoms with Gasteiger partial charge < -0.3 is 5.32 Å². The molecule has 1 aliphatic carbocycles. The Bertz CT molecular complexity index is 491. The van der Waals surface area contributed by atoms with Gasteiger partial charge in [-0.2, -0.15) is 12.6 Å². The largest absolute Gasteiger partial charge is 0.325 e. The Kier molecular flexibility index (Phi) is 4.52. The van der Waals surface area contributed by atoms with Crippen LogP contribution in [-0.4, -0.2) is 11.7 Å². The van der Waals surface area contributed by atoms with E-state index in [2.05, 4.69) is 33.9 Å². The average molecular weight is 369 g/mol. The Morgan fingerprint density at radius 1 is 1.39 bits per heavy atom. The fourth-order valence-corrected chi connectivity index (χ4v) is 2.97. The summed E-state index contributed by atoms with van der Waals surface area (Å²) in [5, 5.41) is 3.56. The van der Waals surface area contributed by atoms with Gasteiger partial charge in [-0.3, -0.25) is 4.79 Å². The van der Waals surface area contributed by atoms with Gasteiger partial charge in [0.05, 0.1) is 15.7 Å². The summed E-state index contributed by atoms with van der Waals surface area (Å²) >= 11 is 19.6. The van der Waals surface area contributed by atoms with E-state index in [9.17, 15) is 4.79 Å². The Hall–Kier alpha value is 0.1000. The van der Waals surface area contributed by atoms with E-state index in [1.165, 1.54) is 0 Å². The molecule has 0 unspecified atom stereocenters. The Balaban J connectivity index is 2.06. The maximum Gasteiger partial charge on any atom is 0.225 e. The van der Waals surface area contributed by atoms with Crippen LogP contribution in [0, 0.1) is 5.41 Å². The molecule has 0 bridgehead atoms. The number of rotatable bonds is 4. The molecule has 6 heteroatoms. The first-order valence-electron chi connectivity index (χ1n) is 5.52. The van der Waals surface area contributed by atoms with Gasteiger partial charge in [0.1, 0.15) is 0 Å². The summed E-state index contributed by atoms with van der Waals surface area (Å²) in [5.41, 5.74) is 0.642. The lowest BCUT2D eigenvalue weighted by atomic mass is 10.1. The lowest BCUT2D eigenvalue weighted by Crippen LogP contribution is -2.18. The molecule has 1 saturated carbocycles. The van der Waals surface area contributed by atoms with E-state index in [0.29, 0.717) is 26.6 Å². The Labute approximate surface area is 130 Å². The third kappa shape index (κ3) is 3.16. The van der Waals surface area contributed by atoms with Crippen LogP contribution in [0.15, 0.2) is 16.6 Å². The van der Waals surface area contributed by atoms with Crippen molar-refractivity contribution in [3.63, 3.8) is 0 Å². The molecule has 0 radical (unpaired) electrons. The summed E-state index contributed by atoms with van der Waals surface area (Å²) in [7, 11) is 0. The van der Waals surface area contributed by atoms with Crippen molar-refractivity contribution >= 4 is 63.4 Å². The second kappa shape index (κ2) is 5.61. The summed E-state index contributed by atoms with van der Waals surface area (Å²) in [6.45, 7) is 0. The van der Waals surface area contributed by atoms with Gasteiger partial charge in [-0.25, -0.2) is 0 Å². The molecule has 0 atom stereocenters. The van der Waals surface area contributed by atoms with Gasteiger partial charge in [0.15, 0.2) is 0 Å². The molecule has 0 heterocycles. The number of nitrogens with one attached hydrogen (secondary N) is 1. The van der Waals surface area contributed by atoms with Gasteiger partial charge >= 0.3 is 0 Å². The maximum absolute atomic E-state index is 11.9. The van der Waals surface area contributed by atoms with E-state index >= 15 is 0 Å². The molecule has 2 nitrogen and oxygen atoms in total. The first kappa shape index (κ1) is 14.5. The molecule has 1 N–H and O–H groups in total.